The lowest BCUT2D eigenvalue weighted by Crippen LogP contribution is -2.40. The van der Waals surface area contributed by atoms with Crippen LogP contribution in [0.15, 0.2) is 30.6 Å². The van der Waals surface area contributed by atoms with Crippen LogP contribution < -0.4 is 10.2 Å². The third kappa shape index (κ3) is 4.04. The third-order valence-corrected chi connectivity index (χ3v) is 4.42. The Balaban J connectivity index is 1.71. The van der Waals surface area contributed by atoms with E-state index in [1.54, 1.807) is 11.0 Å². The van der Waals surface area contributed by atoms with Crippen LogP contribution in [0.2, 0.25) is 0 Å². The Morgan fingerprint density at radius 2 is 1.92 bits per heavy atom. The number of nitrogens with zero attached hydrogens (tertiary/aromatic N) is 4. The Hall–Kier alpha value is -2.82. The van der Waals surface area contributed by atoms with E-state index in [1.165, 1.54) is 18.5 Å². The SMILES string of the molecule is Cc1cc(NC2CCN(c3ccc(C#N)cc3C(F)(F)F)CC2)ncn1. The summed E-state index contributed by atoms with van der Waals surface area (Å²) in [4.78, 5) is 9.93. The average molecular weight is 361 g/mol. The summed E-state index contributed by atoms with van der Waals surface area (Å²) in [7, 11) is 0. The molecule has 0 atom stereocenters. The van der Waals surface area contributed by atoms with E-state index in [-0.39, 0.29) is 17.3 Å². The second-order valence-electron chi connectivity index (χ2n) is 6.29. The van der Waals surface area contributed by atoms with Crippen LogP contribution in [0, 0.1) is 18.3 Å². The van der Waals surface area contributed by atoms with Gasteiger partial charge in [-0.2, -0.15) is 18.4 Å². The molecule has 0 spiro atoms. The van der Waals surface area contributed by atoms with E-state index in [1.807, 2.05) is 13.0 Å². The van der Waals surface area contributed by atoms with Gasteiger partial charge >= 0.3 is 6.18 Å². The van der Waals surface area contributed by atoms with Gasteiger partial charge in [-0.25, -0.2) is 9.97 Å². The zero-order chi connectivity index (χ0) is 18.7. The number of aryl methyl sites for hydroxylation is 1. The first-order valence-electron chi connectivity index (χ1n) is 8.28. The highest BCUT2D eigenvalue weighted by Crippen LogP contribution is 2.38. The normalized spacial score (nSPS) is 15.6. The van der Waals surface area contributed by atoms with Gasteiger partial charge in [-0.05, 0) is 38.0 Å². The van der Waals surface area contributed by atoms with Gasteiger partial charge in [0.1, 0.15) is 12.1 Å². The van der Waals surface area contributed by atoms with Crippen molar-refractivity contribution in [2.75, 3.05) is 23.3 Å². The number of nitrogens with one attached hydrogen (secondary N) is 1. The van der Waals surface area contributed by atoms with E-state index in [2.05, 4.69) is 15.3 Å². The van der Waals surface area contributed by atoms with Crippen LogP contribution in [0.3, 0.4) is 0 Å². The van der Waals surface area contributed by atoms with Gasteiger partial charge < -0.3 is 10.2 Å². The van der Waals surface area contributed by atoms with Crippen LogP contribution >= 0.6 is 0 Å². The molecular weight excluding hydrogens is 343 g/mol. The number of halogens is 3. The molecule has 0 radical (unpaired) electrons. The number of nitriles is 1. The molecule has 0 saturated carbocycles. The molecule has 2 heterocycles. The van der Waals surface area contributed by atoms with Gasteiger partial charge in [0.15, 0.2) is 0 Å². The molecule has 0 aliphatic carbocycles. The maximum absolute atomic E-state index is 13.4. The molecular formula is C18H18F3N5. The number of piperidine rings is 1. The van der Waals surface area contributed by atoms with Crippen molar-refractivity contribution in [1.82, 2.24) is 9.97 Å². The van der Waals surface area contributed by atoms with Crippen LogP contribution in [-0.4, -0.2) is 29.1 Å². The number of benzene rings is 1. The molecule has 1 N–H and O–H groups in total. The highest BCUT2D eigenvalue weighted by atomic mass is 19.4. The number of hydrogen-bond acceptors (Lipinski definition) is 5. The van der Waals surface area contributed by atoms with Crippen molar-refractivity contribution in [2.45, 2.75) is 32.0 Å². The molecule has 136 valence electrons. The van der Waals surface area contributed by atoms with Crippen molar-refractivity contribution < 1.29 is 13.2 Å². The molecule has 1 aliphatic heterocycles. The number of aromatic nitrogens is 2. The Morgan fingerprint density at radius 3 is 2.54 bits per heavy atom. The van der Waals surface area contributed by atoms with Crippen LogP contribution in [0.5, 0.6) is 0 Å². The van der Waals surface area contributed by atoms with E-state index in [0.717, 1.165) is 17.6 Å². The number of rotatable bonds is 3. The zero-order valence-corrected chi connectivity index (χ0v) is 14.2. The molecule has 26 heavy (non-hydrogen) atoms. The molecule has 0 amide bonds. The van der Waals surface area contributed by atoms with Gasteiger partial charge in [0.25, 0.3) is 0 Å². The number of alkyl halides is 3. The van der Waals surface area contributed by atoms with Crippen molar-refractivity contribution in [3.8, 4) is 6.07 Å². The monoisotopic (exact) mass is 361 g/mol. The van der Waals surface area contributed by atoms with Crippen molar-refractivity contribution in [1.29, 1.82) is 5.26 Å². The zero-order valence-electron chi connectivity index (χ0n) is 14.2. The number of hydrogen-bond donors (Lipinski definition) is 1. The van der Waals surface area contributed by atoms with Crippen molar-refractivity contribution >= 4 is 11.5 Å². The van der Waals surface area contributed by atoms with Crippen LogP contribution in [0.4, 0.5) is 24.7 Å². The lowest BCUT2D eigenvalue weighted by molar-refractivity contribution is -0.137. The van der Waals surface area contributed by atoms with Crippen LogP contribution in [0.25, 0.3) is 0 Å². The summed E-state index contributed by atoms with van der Waals surface area (Å²) in [5.74, 6) is 0.727. The van der Waals surface area contributed by atoms with Gasteiger partial charge in [-0.15, -0.1) is 0 Å². The Kier molecular flexibility index (Phi) is 4.98. The third-order valence-electron chi connectivity index (χ3n) is 4.42. The summed E-state index contributed by atoms with van der Waals surface area (Å²) in [6.45, 7) is 2.87. The molecule has 1 aromatic carbocycles. The average Bonchev–Trinajstić information content (AvgIpc) is 2.61. The Morgan fingerprint density at radius 1 is 1.19 bits per heavy atom. The Bertz CT molecular complexity index is 820. The second kappa shape index (κ2) is 7.20. The molecule has 8 heteroatoms. The van der Waals surface area contributed by atoms with Crippen molar-refractivity contribution in [3.05, 3.63) is 47.4 Å². The summed E-state index contributed by atoms with van der Waals surface area (Å²) in [6, 6.07) is 7.50. The van der Waals surface area contributed by atoms with Crippen LogP contribution in [-0.2, 0) is 6.18 Å². The maximum atomic E-state index is 13.4. The first-order chi connectivity index (χ1) is 12.4. The fraction of sp³-hybridized carbons (Fsp3) is 0.389. The lowest BCUT2D eigenvalue weighted by Gasteiger charge is -2.35. The summed E-state index contributed by atoms with van der Waals surface area (Å²) >= 11 is 0. The molecule has 0 unspecified atom stereocenters. The predicted molar refractivity (Wildman–Crippen MR) is 91.8 cm³/mol. The highest BCUT2D eigenvalue weighted by Gasteiger charge is 2.36. The minimum atomic E-state index is -4.49. The highest BCUT2D eigenvalue weighted by molar-refractivity contribution is 5.58. The largest absolute Gasteiger partial charge is 0.418 e. The first-order valence-corrected chi connectivity index (χ1v) is 8.28. The minimum absolute atomic E-state index is 0.0109. The second-order valence-corrected chi connectivity index (χ2v) is 6.29. The molecule has 1 saturated heterocycles. The topological polar surface area (TPSA) is 64.8 Å². The lowest BCUT2D eigenvalue weighted by atomic mass is 10.0. The first kappa shape index (κ1) is 18.0. The van der Waals surface area contributed by atoms with Gasteiger partial charge in [0.2, 0.25) is 0 Å². The standard InChI is InChI=1S/C18H18F3N5/c1-12-8-17(24-11-23-12)25-14-4-6-26(7-5-14)16-3-2-13(10-22)9-15(16)18(19,20)21/h2-3,8-9,11,14H,4-7H2,1H3,(H,23,24,25). The Labute approximate surface area is 149 Å². The van der Waals surface area contributed by atoms with Gasteiger partial charge in [0.05, 0.1) is 17.2 Å². The summed E-state index contributed by atoms with van der Waals surface area (Å²) < 4.78 is 40.1. The predicted octanol–water partition coefficient (Wildman–Crippen LogP) is 3.76. The van der Waals surface area contributed by atoms with E-state index in [0.29, 0.717) is 25.9 Å². The molecule has 5 nitrogen and oxygen atoms in total. The molecule has 0 bridgehead atoms. The molecule has 3 rings (SSSR count). The van der Waals surface area contributed by atoms with E-state index in [9.17, 15) is 13.2 Å². The summed E-state index contributed by atoms with van der Waals surface area (Å²) in [6.07, 6.45) is -1.62. The smallest absolute Gasteiger partial charge is 0.371 e. The van der Waals surface area contributed by atoms with Crippen molar-refractivity contribution in [2.24, 2.45) is 0 Å². The molecule has 2 aromatic rings. The van der Waals surface area contributed by atoms with Gasteiger partial charge in [-0.3, -0.25) is 0 Å². The van der Waals surface area contributed by atoms with E-state index in [4.69, 9.17) is 5.26 Å². The molecule has 1 aromatic heterocycles. The maximum Gasteiger partial charge on any atom is 0.418 e. The minimum Gasteiger partial charge on any atom is -0.371 e. The van der Waals surface area contributed by atoms with Gasteiger partial charge in [-0.1, -0.05) is 0 Å². The van der Waals surface area contributed by atoms with Gasteiger partial charge in [0, 0.05) is 36.6 Å². The quantitative estimate of drug-likeness (QED) is 0.902. The number of anilines is 2. The fourth-order valence-electron chi connectivity index (χ4n) is 3.12. The van der Waals surface area contributed by atoms with Crippen LogP contribution in [0.1, 0.15) is 29.7 Å². The fourth-order valence-corrected chi connectivity index (χ4v) is 3.12. The molecule has 1 aliphatic rings. The summed E-state index contributed by atoms with van der Waals surface area (Å²) in [5.41, 5.74) is 0.242. The molecule has 1 fully saturated rings. The van der Waals surface area contributed by atoms with E-state index < -0.39 is 11.7 Å². The van der Waals surface area contributed by atoms with E-state index >= 15 is 0 Å². The summed E-state index contributed by atoms with van der Waals surface area (Å²) in [5, 5.41) is 12.2. The van der Waals surface area contributed by atoms with Crippen molar-refractivity contribution in [3.63, 3.8) is 0 Å².